The first-order chi connectivity index (χ1) is 34.7. The van der Waals surface area contributed by atoms with Crippen LogP contribution in [0, 0.1) is 0 Å². The van der Waals surface area contributed by atoms with Crippen molar-refractivity contribution in [1.29, 1.82) is 0 Å². The fourth-order valence-corrected chi connectivity index (χ4v) is 10.4. The Morgan fingerprint density at radius 3 is 1.04 bits per heavy atom. The smallest absolute Gasteiger partial charge is 0.0541 e. The first kappa shape index (κ1) is 42.4. The van der Waals surface area contributed by atoms with Crippen molar-refractivity contribution in [3.8, 4) is 55.6 Å². The summed E-state index contributed by atoms with van der Waals surface area (Å²) in [5.41, 5.74) is 24.0. The molecule has 1 aliphatic carbocycles. The fraction of sp³-hybridized carbons (Fsp3) is 0.0294. The van der Waals surface area contributed by atoms with Gasteiger partial charge in [-0.1, -0.05) is 212 Å². The number of rotatable bonds is 9. The second kappa shape index (κ2) is 19.0. The molecule has 0 atom stereocenters. The van der Waals surface area contributed by atoms with Crippen LogP contribution in [0.1, 0.15) is 22.3 Å². The van der Waals surface area contributed by atoms with Gasteiger partial charge >= 0.3 is 0 Å². The lowest BCUT2D eigenvalue weighted by Crippen LogP contribution is -2.13. The highest BCUT2D eigenvalue weighted by Crippen LogP contribution is 2.47. The van der Waals surface area contributed by atoms with Gasteiger partial charge in [-0.25, -0.2) is 0 Å². The molecule has 332 valence electrons. The molecule has 12 rings (SSSR count). The average molecular weight is 895 g/mol. The van der Waals surface area contributed by atoms with E-state index in [0.29, 0.717) is 0 Å². The lowest BCUT2D eigenvalue weighted by Gasteiger charge is -2.31. The van der Waals surface area contributed by atoms with E-state index in [0.717, 1.165) is 58.1 Å². The summed E-state index contributed by atoms with van der Waals surface area (Å²) in [7, 11) is 0. The van der Waals surface area contributed by atoms with Crippen LogP contribution < -0.4 is 9.80 Å². The third-order valence-electron chi connectivity index (χ3n) is 13.8. The Balaban J connectivity index is 1.08. The molecule has 0 saturated carbocycles. The van der Waals surface area contributed by atoms with Crippen LogP contribution in [0.25, 0.3) is 55.6 Å². The van der Waals surface area contributed by atoms with Gasteiger partial charge in [0.25, 0.3) is 0 Å². The van der Waals surface area contributed by atoms with Gasteiger partial charge in [0, 0.05) is 34.0 Å². The normalized spacial score (nSPS) is 11.6. The van der Waals surface area contributed by atoms with Crippen molar-refractivity contribution in [2.75, 3.05) is 9.80 Å². The summed E-state index contributed by atoms with van der Waals surface area (Å²) in [6.07, 6.45) is 1.63. The summed E-state index contributed by atoms with van der Waals surface area (Å²) in [5, 5.41) is 0. The van der Waals surface area contributed by atoms with Crippen molar-refractivity contribution in [1.82, 2.24) is 0 Å². The molecule has 0 fully saturated rings. The second-order valence-corrected chi connectivity index (χ2v) is 18.1. The molecule has 2 heteroatoms. The number of benzene rings is 11. The van der Waals surface area contributed by atoms with Crippen molar-refractivity contribution >= 4 is 34.1 Å². The summed E-state index contributed by atoms with van der Waals surface area (Å²) in [6, 6.07) is 102. The molecule has 0 spiro atoms. The molecule has 0 unspecified atom stereocenters. The Labute approximate surface area is 411 Å². The summed E-state index contributed by atoms with van der Waals surface area (Å²) >= 11 is 0. The van der Waals surface area contributed by atoms with E-state index < -0.39 is 0 Å². The largest absolute Gasteiger partial charge is 0.310 e. The third kappa shape index (κ3) is 8.38. The second-order valence-electron chi connectivity index (χ2n) is 18.1. The molecule has 0 aliphatic heterocycles. The van der Waals surface area contributed by atoms with Gasteiger partial charge in [0.15, 0.2) is 0 Å². The highest BCUT2D eigenvalue weighted by atomic mass is 15.2. The summed E-state index contributed by atoms with van der Waals surface area (Å²) < 4.78 is 0. The first-order valence-electron chi connectivity index (χ1n) is 24.2. The number of nitrogens with zero attached hydrogens (tertiary/aromatic N) is 2. The molecule has 11 aromatic carbocycles. The van der Waals surface area contributed by atoms with Gasteiger partial charge in [-0.3, -0.25) is 0 Å². The Morgan fingerprint density at radius 2 is 0.543 bits per heavy atom. The van der Waals surface area contributed by atoms with E-state index in [9.17, 15) is 0 Å². The Hall–Kier alpha value is -8.98. The van der Waals surface area contributed by atoms with Crippen molar-refractivity contribution in [2.45, 2.75) is 12.8 Å². The molecule has 2 nitrogen and oxygen atoms in total. The van der Waals surface area contributed by atoms with Crippen molar-refractivity contribution in [3.63, 3.8) is 0 Å². The zero-order valence-corrected chi connectivity index (χ0v) is 38.9. The minimum absolute atomic E-state index is 0.782. The van der Waals surface area contributed by atoms with Crippen LogP contribution in [0.15, 0.2) is 279 Å². The van der Waals surface area contributed by atoms with Crippen LogP contribution in [0.5, 0.6) is 0 Å². The summed E-state index contributed by atoms with van der Waals surface area (Å²) in [5.74, 6) is 0. The van der Waals surface area contributed by atoms with Gasteiger partial charge < -0.3 is 9.80 Å². The van der Waals surface area contributed by atoms with Gasteiger partial charge in [-0.05, 0) is 152 Å². The monoisotopic (exact) mass is 894 g/mol. The van der Waals surface area contributed by atoms with Gasteiger partial charge in [0.1, 0.15) is 0 Å². The molecule has 11 aromatic rings. The molecule has 0 N–H and O–H groups in total. The van der Waals surface area contributed by atoms with E-state index in [1.165, 1.54) is 66.8 Å². The van der Waals surface area contributed by atoms with Crippen LogP contribution in [0.3, 0.4) is 0 Å². The number of para-hydroxylation sites is 2. The van der Waals surface area contributed by atoms with Gasteiger partial charge in [0.05, 0.1) is 5.69 Å². The Bertz CT molecular complexity index is 3570. The predicted octanol–water partition coefficient (Wildman–Crippen LogP) is 18.5. The zero-order chi connectivity index (χ0) is 46.6. The number of hydrogen-bond donors (Lipinski definition) is 0. The molecule has 0 aromatic heterocycles. The van der Waals surface area contributed by atoms with Gasteiger partial charge in [-0.2, -0.15) is 0 Å². The average Bonchev–Trinajstić information content (AvgIpc) is 3.43. The molecule has 0 bridgehead atoms. The summed E-state index contributed by atoms with van der Waals surface area (Å²) in [4.78, 5) is 4.80. The zero-order valence-electron chi connectivity index (χ0n) is 38.9. The first-order valence-corrected chi connectivity index (χ1v) is 24.2. The molecule has 0 amide bonds. The quantitative estimate of drug-likeness (QED) is 0.142. The van der Waals surface area contributed by atoms with Crippen LogP contribution in [-0.2, 0) is 12.8 Å². The van der Waals surface area contributed by atoms with Crippen molar-refractivity contribution < 1.29 is 0 Å². The van der Waals surface area contributed by atoms with E-state index >= 15 is 0 Å². The minimum atomic E-state index is 0.782. The minimum Gasteiger partial charge on any atom is -0.310 e. The van der Waals surface area contributed by atoms with Crippen molar-refractivity contribution in [2.24, 2.45) is 0 Å². The highest BCUT2D eigenvalue weighted by molar-refractivity contribution is 5.93. The molecule has 0 radical (unpaired) electrons. The number of hydrogen-bond acceptors (Lipinski definition) is 2. The molecule has 1 aliphatic rings. The lowest BCUT2D eigenvalue weighted by molar-refractivity contribution is 1.15. The third-order valence-corrected chi connectivity index (χ3v) is 13.8. The SMILES string of the molecule is c1ccc(-c2ccc(N(c3ccccc3)c3ccc(N(c4ccccc4)c4ccc(-c5ccccc5)cc4)c(-c4ccc5c(c4)Cc4ccccc4-c4ccccc4Cc4ccccc4-5)c3)cc2)cc1. The van der Waals surface area contributed by atoms with Gasteiger partial charge in [-0.15, -0.1) is 0 Å². The van der Waals surface area contributed by atoms with Crippen LogP contribution in [0.4, 0.5) is 34.1 Å². The maximum Gasteiger partial charge on any atom is 0.0541 e. The molecule has 70 heavy (non-hydrogen) atoms. The molecule has 0 saturated heterocycles. The Morgan fingerprint density at radius 1 is 0.200 bits per heavy atom. The predicted molar refractivity (Wildman–Crippen MR) is 295 cm³/mol. The highest BCUT2D eigenvalue weighted by Gasteiger charge is 2.24. The standard InChI is InChI=1S/C68H50N2/c1-5-19-49(20-6-1)51-33-38-60(39-34-51)69(58-26-9-3-10-27-58)62-42-44-68(70(59-28-11-4-12-29-59)61-40-35-52(36-41-61)50-21-7-2-8-22-50)67(48-62)56-37-43-66-57(47-56)46-55-25-15-17-31-64(55)63-30-16-13-23-53(63)45-54-24-14-18-32-65(54)66/h1-44,47-48H,45-46H2. The van der Waals surface area contributed by atoms with E-state index in [-0.39, 0.29) is 0 Å². The van der Waals surface area contributed by atoms with E-state index in [2.05, 4.69) is 289 Å². The topological polar surface area (TPSA) is 6.48 Å². The summed E-state index contributed by atoms with van der Waals surface area (Å²) in [6.45, 7) is 0. The van der Waals surface area contributed by atoms with Crippen molar-refractivity contribution in [3.05, 3.63) is 301 Å². The van der Waals surface area contributed by atoms with Crippen LogP contribution in [0.2, 0.25) is 0 Å². The number of fused-ring (bicyclic) bond motifs is 6. The van der Waals surface area contributed by atoms with E-state index in [4.69, 9.17) is 0 Å². The molecular formula is C68H50N2. The maximum atomic E-state index is 2.47. The fourth-order valence-electron chi connectivity index (χ4n) is 10.4. The lowest BCUT2D eigenvalue weighted by atomic mass is 9.83. The molecular weight excluding hydrogens is 845 g/mol. The van der Waals surface area contributed by atoms with E-state index in [1.807, 2.05) is 0 Å². The van der Waals surface area contributed by atoms with Crippen LogP contribution >= 0.6 is 0 Å². The van der Waals surface area contributed by atoms with Crippen LogP contribution in [-0.4, -0.2) is 0 Å². The Kier molecular flexibility index (Phi) is 11.5. The van der Waals surface area contributed by atoms with E-state index in [1.54, 1.807) is 0 Å². The maximum absolute atomic E-state index is 2.47. The number of anilines is 6. The van der Waals surface area contributed by atoms with Gasteiger partial charge in [0.2, 0.25) is 0 Å². The molecule has 0 heterocycles.